The molecule has 13 heteroatoms. The van der Waals surface area contributed by atoms with Crippen LogP contribution in [0, 0.1) is 23.3 Å². The summed E-state index contributed by atoms with van der Waals surface area (Å²) < 4.78 is 120. The summed E-state index contributed by atoms with van der Waals surface area (Å²) in [4.78, 5) is -2.21. The molecule has 0 amide bonds. The number of benzene rings is 3. The summed E-state index contributed by atoms with van der Waals surface area (Å²) in [7, 11) is -9.78. The monoisotopic (exact) mass is 520 g/mol. The van der Waals surface area contributed by atoms with Crippen molar-refractivity contribution < 1.29 is 47.9 Å². The Morgan fingerprint density at radius 1 is 0.882 bits per heavy atom. The van der Waals surface area contributed by atoms with Crippen molar-refractivity contribution in [2.45, 2.75) is 11.3 Å². The van der Waals surface area contributed by atoms with Crippen LogP contribution in [0.4, 0.5) is 17.6 Å². The summed E-state index contributed by atoms with van der Waals surface area (Å²) >= 11 is 0. The molecule has 0 atom stereocenters. The molecule has 0 unspecified atom stereocenters. The third kappa shape index (κ3) is 5.48. The lowest BCUT2D eigenvalue weighted by atomic mass is 10.1. The topological polar surface area (TPSA) is 107 Å². The Bertz CT molecular complexity index is 1460. The molecule has 34 heavy (non-hydrogen) atoms. The third-order valence-corrected chi connectivity index (χ3v) is 6.63. The van der Waals surface area contributed by atoms with Crippen LogP contribution < -0.4 is 8.92 Å². The Hall–Kier alpha value is -3.16. The number of ether oxygens (including phenoxy) is 1. The van der Waals surface area contributed by atoms with Crippen molar-refractivity contribution >= 4 is 37.1 Å². The quantitative estimate of drug-likeness (QED) is 0.146. The van der Waals surface area contributed by atoms with Crippen LogP contribution in [-0.4, -0.2) is 33.7 Å². The highest BCUT2D eigenvalue weighted by Crippen LogP contribution is 2.32. The SMILES string of the molecule is C=Cc1ccc2cc(OS(=O)(=O)CCCOc3c(F)c(F)c(S(=O)(=O)O)c(F)c3F)ccc2c1. The Labute approximate surface area is 192 Å². The van der Waals surface area contributed by atoms with E-state index in [2.05, 4.69) is 11.3 Å². The summed E-state index contributed by atoms with van der Waals surface area (Å²) in [6.45, 7) is 2.94. The first-order valence-corrected chi connectivity index (χ1v) is 12.4. The van der Waals surface area contributed by atoms with E-state index in [9.17, 15) is 34.4 Å². The van der Waals surface area contributed by atoms with Gasteiger partial charge in [-0.2, -0.15) is 25.6 Å². The molecule has 0 aliphatic rings. The lowest BCUT2D eigenvalue weighted by Gasteiger charge is -2.12. The van der Waals surface area contributed by atoms with E-state index >= 15 is 0 Å². The van der Waals surface area contributed by atoms with Gasteiger partial charge in [-0.05, 0) is 41.0 Å². The molecule has 1 N–H and O–H groups in total. The van der Waals surface area contributed by atoms with Gasteiger partial charge in [0.25, 0.3) is 0 Å². The van der Waals surface area contributed by atoms with Gasteiger partial charge in [-0.3, -0.25) is 4.55 Å². The number of hydrogen-bond donors (Lipinski definition) is 1. The molecule has 0 radical (unpaired) electrons. The molecule has 0 bridgehead atoms. The van der Waals surface area contributed by atoms with Crippen LogP contribution >= 0.6 is 0 Å². The molecule has 3 aromatic rings. The molecule has 0 aromatic heterocycles. The molecule has 3 rings (SSSR count). The Morgan fingerprint density at radius 3 is 2.06 bits per heavy atom. The Morgan fingerprint density at radius 2 is 1.47 bits per heavy atom. The maximum Gasteiger partial charge on any atom is 0.309 e. The van der Waals surface area contributed by atoms with E-state index in [4.69, 9.17) is 8.74 Å². The molecular formula is C21H16F4O7S2. The normalized spacial score (nSPS) is 12.0. The van der Waals surface area contributed by atoms with Gasteiger partial charge in [0.05, 0.1) is 12.4 Å². The van der Waals surface area contributed by atoms with Crippen molar-refractivity contribution in [2.24, 2.45) is 0 Å². The van der Waals surface area contributed by atoms with E-state index in [0.717, 1.165) is 10.9 Å². The average Bonchev–Trinajstić information content (AvgIpc) is 2.75. The van der Waals surface area contributed by atoms with E-state index < -0.39 is 72.9 Å². The molecule has 182 valence electrons. The standard InChI is InChI=1S/C21H16F4O7S2/c1-2-12-4-5-14-11-15(7-6-13(14)10-12)32-33(26,27)9-3-8-31-20-16(22)18(24)21(34(28,29)30)19(25)17(20)23/h2,4-7,10-11H,1,3,8-9H2,(H,28,29,30). The highest BCUT2D eigenvalue weighted by Gasteiger charge is 2.33. The van der Waals surface area contributed by atoms with Gasteiger partial charge in [0.2, 0.25) is 11.6 Å². The molecule has 0 spiro atoms. The first-order chi connectivity index (χ1) is 15.8. The molecule has 0 heterocycles. The molecule has 0 aliphatic heterocycles. The predicted octanol–water partition coefficient (Wildman–Crippen LogP) is 4.46. The van der Waals surface area contributed by atoms with Crippen molar-refractivity contribution in [1.29, 1.82) is 0 Å². The third-order valence-electron chi connectivity index (χ3n) is 4.52. The highest BCUT2D eigenvalue weighted by molar-refractivity contribution is 7.87. The van der Waals surface area contributed by atoms with Crippen LogP contribution in [0.25, 0.3) is 16.8 Å². The number of rotatable bonds is 9. The average molecular weight is 520 g/mol. The molecule has 0 saturated heterocycles. The van der Waals surface area contributed by atoms with Gasteiger partial charge < -0.3 is 8.92 Å². The largest absolute Gasteiger partial charge is 0.487 e. The minimum atomic E-state index is -5.60. The zero-order chi connectivity index (χ0) is 25.3. The van der Waals surface area contributed by atoms with Crippen molar-refractivity contribution in [1.82, 2.24) is 0 Å². The van der Waals surface area contributed by atoms with Gasteiger partial charge in [0.1, 0.15) is 5.75 Å². The van der Waals surface area contributed by atoms with E-state index in [1.165, 1.54) is 12.1 Å². The fraction of sp³-hybridized carbons (Fsp3) is 0.143. The summed E-state index contributed by atoms with van der Waals surface area (Å²) in [6.07, 6.45) is 1.25. The summed E-state index contributed by atoms with van der Waals surface area (Å²) in [6, 6.07) is 9.91. The highest BCUT2D eigenvalue weighted by atomic mass is 32.2. The molecule has 3 aromatic carbocycles. The number of hydrogen-bond acceptors (Lipinski definition) is 6. The fourth-order valence-corrected chi connectivity index (χ4v) is 4.55. The maximum atomic E-state index is 13.9. The van der Waals surface area contributed by atoms with Gasteiger partial charge in [-0.15, -0.1) is 0 Å². The zero-order valence-corrected chi connectivity index (χ0v) is 18.7. The van der Waals surface area contributed by atoms with Crippen molar-refractivity contribution in [3.63, 3.8) is 0 Å². The summed E-state index contributed by atoms with van der Waals surface area (Å²) in [5.74, 6) is -11.5. The minimum Gasteiger partial charge on any atom is -0.487 e. The molecule has 0 fully saturated rings. The lowest BCUT2D eigenvalue weighted by molar-refractivity contribution is 0.266. The summed E-state index contributed by atoms with van der Waals surface area (Å²) in [5, 5.41) is 1.52. The van der Waals surface area contributed by atoms with Crippen LogP contribution in [0.15, 0.2) is 47.9 Å². The van der Waals surface area contributed by atoms with Gasteiger partial charge >= 0.3 is 20.2 Å². The Balaban J connectivity index is 1.66. The molecule has 0 aliphatic carbocycles. The van der Waals surface area contributed by atoms with Gasteiger partial charge in [0, 0.05) is 0 Å². The second-order valence-electron chi connectivity index (χ2n) is 6.91. The predicted molar refractivity (Wildman–Crippen MR) is 115 cm³/mol. The van der Waals surface area contributed by atoms with Crippen LogP contribution in [-0.2, 0) is 20.2 Å². The van der Waals surface area contributed by atoms with Crippen molar-refractivity contribution in [3.8, 4) is 11.5 Å². The van der Waals surface area contributed by atoms with Gasteiger partial charge in [0.15, 0.2) is 22.3 Å². The summed E-state index contributed by atoms with van der Waals surface area (Å²) in [5.41, 5.74) is 0.869. The van der Waals surface area contributed by atoms with Crippen LogP contribution in [0.2, 0.25) is 0 Å². The molecule has 0 saturated carbocycles. The maximum absolute atomic E-state index is 13.9. The van der Waals surface area contributed by atoms with Crippen molar-refractivity contribution in [2.75, 3.05) is 12.4 Å². The molecular weight excluding hydrogens is 504 g/mol. The first kappa shape index (κ1) is 25.5. The van der Waals surface area contributed by atoms with Crippen molar-refractivity contribution in [3.05, 3.63) is 71.8 Å². The van der Waals surface area contributed by atoms with E-state index in [1.807, 2.05) is 6.07 Å². The van der Waals surface area contributed by atoms with Crippen LogP contribution in [0.3, 0.4) is 0 Å². The second kappa shape index (κ2) is 9.60. The lowest BCUT2D eigenvalue weighted by Crippen LogP contribution is -2.17. The second-order valence-corrected chi connectivity index (χ2v) is 9.96. The minimum absolute atomic E-state index is 0.0156. The number of fused-ring (bicyclic) bond motifs is 1. The van der Waals surface area contributed by atoms with Gasteiger partial charge in [-0.1, -0.05) is 30.9 Å². The van der Waals surface area contributed by atoms with E-state index in [-0.39, 0.29) is 5.75 Å². The fourth-order valence-electron chi connectivity index (χ4n) is 2.96. The van der Waals surface area contributed by atoms with Crippen LogP contribution in [0.5, 0.6) is 11.5 Å². The van der Waals surface area contributed by atoms with E-state index in [0.29, 0.717) is 5.39 Å². The Kier molecular flexibility index (Phi) is 7.19. The first-order valence-electron chi connectivity index (χ1n) is 9.38. The van der Waals surface area contributed by atoms with Crippen LogP contribution in [0.1, 0.15) is 12.0 Å². The van der Waals surface area contributed by atoms with Gasteiger partial charge in [-0.25, -0.2) is 8.78 Å². The molecule has 7 nitrogen and oxygen atoms in total. The number of halogens is 4. The smallest absolute Gasteiger partial charge is 0.309 e. The van der Waals surface area contributed by atoms with E-state index in [1.54, 1.807) is 24.3 Å². The zero-order valence-electron chi connectivity index (χ0n) is 17.1.